The van der Waals surface area contributed by atoms with Crippen LogP contribution >= 0.6 is 0 Å². The van der Waals surface area contributed by atoms with Crippen molar-refractivity contribution in [1.29, 1.82) is 0 Å². The van der Waals surface area contributed by atoms with Crippen molar-refractivity contribution in [3.63, 3.8) is 0 Å². The van der Waals surface area contributed by atoms with Crippen molar-refractivity contribution in [2.24, 2.45) is 11.7 Å². The van der Waals surface area contributed by atoms with Gasteiger partial charge in [-0.3, -0.25) is 0 Å². The molecule has 3 heteroatoms. The summed E-state index contributed by atoms with van der Waals surface area (Å²) in [5.74, 6) is 0.222. The fraction of sp³-hybridized carbons (Fsp3) is 0.538. The Morgan fingerprint density at radius 1 is 1.31 bits per heavy atom. The molecule has 0 aliphatic carbocycles. The number of hydrogen-bond donors (Lipinski definition) is 1. The number of halogens is 1. The Hall–Kier alpha value is -0.930. The van der Waals surface area contributed by atoms with Crippen LogP contribution in [0.1, 0.15) is 18.9 Å². The molecule has 0 aromatic heterocycles. The number of nitrogens with two attached hydrogens (primary N) is 1. The predicted molar refractivity (Wildman–Crippen MR) is 63.8 cm³/mol. The van der Waals surface area contributed by atoms with E-state index in [4.69, 9.17) is 10.5 Å². The molecule has 2 nitrogen and oxygen atoms in total. The predicted octanol–water partition coefficient (Wildman–Crippen LogP) is 2.37. The van der Waals surface area contributed by atoms with E-state index in [-0.39, 0.29) is 5.82 Å². The highest BCUT2D eigenvalue weighted by Gasteiger charge is 2.07. The number of rotatable bonds is 7. The lowest BCUT2D eigenvalue weighted by Crippen LogP contribution is -2.18. The van der Waals surface area contributed by atoms with E-state index in [0.29, 0.717) is 12.5 Å². The van der Waals surface area contributed by atoms with Crippen molar-refractivity contribution in [2.45, 2.75) is 19.8 Å². The van der Waals surface area contributed by atoms with Crippen LogP contribution in [0.5, 0.6) is 0 Å². The highest BCUT2D eigenvalue weighted by molar-refractivity contribution is 5.16. The van der Waals surface area contributed by atoms with E-state index >= 15 is 0 Å². The van der Waals surface area contributed by atoms with Crippen LogP contribution in [-0.4, -0.2) is 19.8 Å². The molecule has 0 saturated carbocycles. The summed E-state index contributed by atoms with van der Waals surface area (Å²) in [5, 5.41) is 0. The van der Waals surface area contributed by atoms with Gasteiger partial charge in [-0.2, -0.15) is 0 Å². The molecular weight excluding hydrogens is 205 g/mol. The van der Waals surface area contributed by atoms with Gasteiger partial charge in [0.25, 0.3) is 0 Å². The molecule has 1 aromatic rings. The Bertz CT molecular complexity index is 286. The summed E-state index contributed by atoms with van der Waals surface area (Å²) in [4.78, 5) is 0. The molecule has 0 bridgehead atoms. The van der Waals surface area contributed by atoms with Crippen molar-refractivity contribution in [1.82, 2.24) is 0 Å². The average Bonchev–Trinajstić information content (AvgIpc) is 2.31. The standard InChI is InChI=1S/C13H20FNO/c1-2-16-8-7-12(10-15)9-11-3-5-13(14)6-4-11/h3-6,12H,2,7-10,15H2,1H3. The third-order valence-electron chi connectivity index (χ3n) is 2.65. The molecule has 0 radical (unpaired) electrons. The molecule has 0 amide bonds. The molecule has 0 saturated heterocycles. The van der Waals surface area contributed by atoms with Gasteiger partial charge in [-0.15, -0.1) is 0 Å². The topological polar surface area (TPSA) is 35.2 Å². The fourth-order valence-electron chi connectivity index (χ4n) is 1.65. The summed E-state index contributed by atoms with van der Waals surface area (Å²) in [6, 6.07) is 6.62. The molecule has 0 fully saturated rings. The first-order chi connectivity index (χ1) is 7.76. The lowest BCUT2D eigenvalue weighted by molar-refractivity contribution is 0.133. The van der Waals surface area contributed by atoms with Crippen LogP contribution in [0.15, 0.2) is 24.3 Å². The number of hydrogen-bond acceptors (Lipinski definition) is 2. The quantitative estimate of drug-likeness (QED) is 0.723. The van der Waals surface area contributed by atoms with Crippen LogP contribution < -0.4 is 5.73 Å². The van der Waals surface area contributed by atoms with E-state index in [1.54, 1.807) is 0 Å². The van der Waals surface area contributed by atoms with E-state index in [9.17, 15) is 4.39 Å². The molecule has 0 aliphatic rings. The van der Waals surface area contributed by atoms with Crippen LogP contribution in [0, 0.1) is 11.7 Å². The first-order valence-corrected chi connectivity index (χ1v) is 5.78. The van der Waals surface area contributed by atoms with Crippen molar-refractivity contribution < 1.29 is 9.13 Å². The summed E-state index contributed by atoms with van der Waals surface area (Å²) in [6.45, 7) is 4.12. The molecule has 0 aliphatic heterocycles. The smallest absolute Gasteiger partial charge is 0.123 e. The van der Waals surface area contributed by atoms with Crippen molar-refractivity contribution in [2.75, 3.05) is 19.8 Å². The zero-order valence-corrected chi connectivity index (χ0v) is 9.79. The summed E-state index contributed by atoms with van der Waals surface area (Å²) in [5.41, 5.74) is 6.84. The van der Waals surface area contributed by atoms with E-state index < -0.39 is 0 Å². The van der Waals surface area contributed by atoms with Gasteiger partial charge in [-0.1, -0.05) is 12.1 Å². The maximum absolute atomic E-state index is 12.7. The maximum Gasteiger partial charge on any atom is 0.123 e. The summed E-state index contributed by atoms with van der Waals surface area (Å²) in [6.07, 6.45) is 1.85. The third kappa shape index (κ3) is 4.73. The second-order valence-corrected chi connectivity index (χ2v) is 3.92. The van der Waals surface area contributed by atoms with Gasteiger partial charge in [-0.25, -0.2) is 4.39 Å². The first kappa shape index (κ1) is 13.1. The molecule has 1 aromatic carbocycles. The van der Waals surface area contributed by atoms with Gasteiger partial charge in [0.1, 0.15) is 5.82 Å². The summed E-state index contributed by atoms with van der Waals surface area (Å²) in [7, 11) is 0. The molecule has 1 unspecified atom stereocenters. The Kier molecular flexibility index (Phi) is 6.04. The highest BCUT2D eigenvalue weighted by Crippen LogP contribution is 2.12. The molecule has 1 atom stereocenters. The van der Waals surface area contributed by atoms with Crippen LogP contribution in [-0.2, 0) is 11.2 Å². The largest absolute Gasteiger partial charge is 0.382 e. The number of ether oxygens (including phenoxy) is 1. The second-order valence-electron chi connectivity index (χ2n) is 3.92. The van der Waals surface area contributed by atoms with Crippen molar-refractivity contribution >= 4 is 0 Å². The van der Waals surface area contributed by atoms with E-state index in [1.807, 2.05) is 19.1 Å². The van der Waals surface area contributed by atoms with Gasteiger partial charge in [0.15, 0.2) is 0 Å². The minimum Gasteiger partial charge on any atom is -0.382 e. The van der Waals surface area contributed by atoms with E-state index in [0.717, 1.165) is 31.6 Å². The zero-order valence-electron chi connectivity index (χ0n) is 9.79. The van der Waals surface area contributed by atoms with Gasteiger partial charge in [0.05, 0.1) is 0 Å². The Morgan fingerprint density at radius 3 is 2.56 bits per heavy atom. The average molecular weight is 225 g/mol. The minimum absolute atomic E-state index is 0.192. The van der Waals surface area contributed by atoms with Gasteiger partial charge >= 0.3 is 0 Å². The van der Waals surface area contributed by atoms with Crippen LogP contribution in [0.2, 0.25) is 0 Å². The Labute approximate surface area is 96.6 Å². The van der Waals surface area contributed by atoms with Crippen molar-refractivity contribution in [3.05, 3.63) is 35.6 Å². The van der Waals surface area contributed by atoms with Crippen molar-refractivity contribution in [3.8, 4) is 0 Å². The molecule has 1 rings (SSSR count). The minimum atomic E-state index is -0.192. The maximum atomic E-state index is 12.7. The lowest BCUT2D eigenvalue weighted by atomic mass is 9.97. The van der Waals surface area contributed by atoms with Gasteiger partial charge in [-0.05, 0) is 49.9 Å². The molecule has 16 heavy (non-hydrogen) atoms. The van der Waals surface area contributed by atoms with Crippen LogP contribution in [0.3, 0.4) is 0 Å². The van der Waals surface area contributed by atoms with E-state index in [1.165, 1.54) is 12.1 Å². The fourth-order valence-corrected chi connectivity index (χ4v) is 1.65. The lowest BCUT2D eigenvalue weighted by Gasteiger charge is -2.14. The molecule has 0 heterocycles. The number of benzene rings is 1. The monoisotopic (exact) mass is 225 g/mol. The molecule has 90 valence electrons. The summed E-state index contributed by atoms with van der Waals surface area (Å²) >= 11 is 0. The molecule has 0 spiro atoms. The highest BCUT2D eigenvalue weighted by atomic mass is 19.1. The van der Waals surface area contributed by atoms with Crippen LogP contribution in [0.25, 0.3) is 0 Å². The normalized spacial score (nSPS) is 12.7. The van der Waals surface area contributed by atoms with Crippen LogP contribution in [0.4, 0.5) is 4.39 Å². The zero-order chi connectivity index (χ0) is 11.8. The third-order valence-corrected chi connectivity index (χ3v) is 2.65. The second kappa shape index (κ2) is 7.36. The van der Waals surface area contributed by atoms with Gasteiger partial charge in [0.2, 0.25) is 0 Å². The first-order valence-electron chi connectivity index (χ1n) is 5.78. The molecular formula is C13H20FNO. The Morgan fingerprint density at radius 2 is 2.00 bits per heavy atom. The summed E-state index contributed by atoms with van der Waals surface area (Å²) < 4.78 is 18.0. The van der Waals surface area contributed by atoms with Gasteiger partial charge < -0.3 is 10.5 Å². The van der Waals surface area contributed by atoms with E-state index in [2.05, 4.69) is 0 Å². The molecule has 2 N–H and O–H groups in total. The van der Waals surface area contributed by atoms with Gasteiger partial charge in [0, 0.05) is 13.2 Å². The Balaban J connectivity index is 2.40. The SMILES string of the molecule is CCOCCC(CN)Cc1ccc(F)cc1.